The second-order valence-corrected chi connectivity index (χ2v) is 8.33. The zero-order chi connectivity index (χ0) is 23.1. The van der Waals surface area contributed by atoms with Crippen LogP contribution in [0.1, 0.15) is 65.2 Å². The van der Waals surface area contributed by atoms with Crippen LogP contribution in [-0.2, 0) is 14.4 Å². The van der Waals surface area contributed by atoms with Gasteiger partial charge in [-0.05, 0) is 43.3 Å². The second-order valence-electron chi connectivity index (χ2n) is 8.33. The van der Waals surface area contributed by atoms with E-state index in [1.165, 1.54) is 5.57 Å². The molecule has 0 aliphatic carbocycles. The van der Waals surface area contributed by atoms with Crippen LogP contribution in [0, 0.1) is 0 Å². The number of unbranched alkanes of at least 4 members (excludes halogenated alkanes) is 1. The molecule has 2 heterocycles. The molecule has 6 heteroatoms. The van der Waals surface area contributed by atoms with Crippen molar-refractivity contribution in [1.82, 2.24) is 5.06 Å². The summed E-state index contributed by atoms with van der Waals surface area (Å²) in [5.41, 5.74) is 7.13. The first-order chi connectivity index (χ1) is 15.6. The molecule has 0 aromatic heterocycles. The third kappa shape index (κ3) is 8.85. The normalized spacial score (nSPS) is 24.2. The predicted octanol–water partition coefficient (Wildman–Crippen LogP) is 4.68. The Bertz CT molecular complexity index is 716. The number of hydrogen-bond acceptors (Lipinski definition) is 5. The van der Waals surface area contributed by atoms with Gasteiger partial charge in [-0.2, -0.15) is 5.06 Å². The Morgan fingerprint density at radius 3 is 2.78 bits per heavy atom. The molecule has 0 atom stereocenters. The Morgan fingerprint density at radius 2 is 2.06 bits per heavy atom. The van der Waals surface area contributed by atoms with Gasteiger partial charge in [-0.3, -0.25) is 14.6 Å². The molecule has 2 N–H and O–H groups in total. The van der Waals surface area contributed by atoms with Gasteiger partial charge in [0.05, 0.1) is 0 Å². The second kappa shape index (κ2) is 14.9. The maximum atomic E-state index is 12.2. The molecule has 6 nitrogen and oxygen atoms in total. The lowest BCUT2D eigenvalue weighted by Gasteiger charge is -2.38. The topological polar surface area (TPSA) is 77.2 Å². The molecule has 2 rings (SSSR count). The molecule has 0 unspecified atom stereocenters. The van der Waals surface area contributed by atoms with Crippen LogP contribution in [0.4, 0.5) is 0 Å². The van der Waals surface area contributed by atoms with Crippen molar-refractivity contribution in [3.63, 3.8) is 0 Å². The highest BCUT2D eigenvalue weighted by Crippen LogP contribution is 2.26. The smallest absolute Gasteiger partial charge is 0.252 e. The van der Waals surface area contributed by atoms with Crippen molar-refractivity contribution in [2.24, 2.45) is 10.7 Å². The van der Waals surface area contributed by atoms with Gasteiger partial charge in [-0.25, -0.2) is 0 Å². The van der Waals surface area contributed by atoms with Gasteiger partial charge < -0.3 is 10.5 Å². The number of ether oxygens (including phenoxy) is 1. The van der Waals surface area contributed by atoms with Gasteiger partial charge in [0.25, 0.3) is 5.91 Å². The molecule has 1 amide bonds. The van der Waals surface area contributed by atoms with Crippen molar-refractivity contribution in [1.29, 1.82) is 0 Å². The zero-order valence-electron chi connectivity index (χ0n) is 19.9. The highest BCUT2D eigenvalue weighted by molar-refractivity contribution is 5.86. The van der Waals surface area contributed by atoms with Crippen LogP contribution in [0.15, 0.2) is 52.6 Å². The average Bonchev–Trinajstić information content (AvgIpc) is 2.81. The lowest BCUT2D eigenvalue weighted by atomic mass is 9.94. The summed E-state index contributed by atoms with van der Waals surface area (Å²) < 4.78 is 5.42. The largest absolute Gasteiger partial charge is 0.381 e. The van der Waals surface area contributed by atoms with Crippen LogP contribution in [0.5, 0.6) is 0 Å². The van der Waals surface area contributed by atoms with Gasteiger partial charge >= 0.3 is 0 Å². The third-order valence-electron chi connectivity index (χ3n) is 5.68. The highest BCUT2D eigenvalue weighted by atomic mass is 16.7. The fourth-order valence-electron chi connectivity index (χ4n) is 3.78. The van der Waals surface area contributed by atoms with E-state index in [1.54, 1.807) is 0 Å². The van der Waals surface area contributed by atoms with Crippen LogP contribution in [0.25, 0.3) is 0 Å². The van der Waals surface area contributed by atoms with Crippen molar-refractivity contribution in [2.75, 3.05) is 32.8 Å². The summed E-state index contributed by atoms with van der Waals surface area (Å²) in [7, 11) is 0. The van der Waals surface area contributed by atoms with Crippen molar-refractivity contribution in [3.8, 4) is 0 Å². The van der Waals surface area contributed by atoms with Crippen LogP contribution in [-0.4, -0.2) is 55.6 Å². The van der Waals surface area contributed by atoms with Gasteiger partial charge in [0.2, 0.25) is 0 Å². The summed E-state index contributed by atoms with van der Waals surface area (Å²) in [5.74, 6) is -0.401. The number of carbonyl (C=O) groups is 1. The molecule has 1 fully saturated rings. The Labute approximate surface area is 193 Å². The molecule has 2 aliphatic heterocycles. The summed E-state index contributed by atoms with van der Waals surface area (Å²) >= 11 is 0. The number of aliphatic imine (C=N–C) groups is 1. The number of hydrogen-bond donors (Lipinski definition) is 1. The molecule has 2 aliphatic rings. The first kappa shape index (κ1) is 26.2. The van der Waals surface area contributed by atoms with Gasteiger partial charge in [0, 0.05) is 51.9 Å². The van der Waals surface area contributed by atoms with Gasteiger partial charge in [-0.1, -0.05) is 56.7 Å². The molecule has 0 saturated carbocycles. The van der Waals surface area contributed by atoms with E-state index in [1.807, 2.05) is 11.3 Å². The molecule has 0 spiro atoms. The number of allylic oxidation sites excluding steroid dienone is 8. The third-order valence-corrected chi connectivity index (χ3v) is 5.68. The Morgan fingerprint density at radius 1 is 1.28 bits per heavy atom. The highest BCUT2D eigenvalue weighted by Gasteiger charge is 2.41. The number of nitrogens with zero attached hydrogens (tertiary/aromatic N) is 2. The molecule has 1 saturated heterocycles. The summed E-state index contributed by atoms with van der Waals surface area (Å²) in [6.45, 7) is 7.51. The quantitative estimate of drug-likeness (QED) is 0.552. The zero-order valence-corrected chi connectivity index (χ0v) is 19.9. The Balaban J connectivity index is 2.07. The van der Waals surface area contributed by atoms with E-state index in [2.05, 4.69) is 55.3 Å². The number of carbonyl (C=O) groups excluding carboxylic acids is 1. The average molecular weight is 444 g/mol. The Kier molecular flexibility index (Phi) is 12.2. The van der Waals surface area contributed by atoms with E-state index in [0.29, 0.717) is 39.1 Å². The van der Waals surface area contributed by atoms with Gasteiger partial charge in [0.1, 0.15) is 0 Å². The number of hydroxylamine groups is 2. The van der Waals surface area contributed by atoms with Crippen LogP contribution >= 0.6 is 0 Å². The maximum Gasteiger partial charge on any atom is 0.252 e. The summed E-state index contributed by atoms with van der Waals surface area (Å²) in [6, 6.07) is 0. The lowest BCUT2D eigenvalue weighted by molar-refractivity contribution is -0.258. The summed E-state index contributed by atoms with van der Waals surface area (Å²) in [4.78, 5) is 23.1. The molecule has 0 aromatic rings. The first-order valence-corrected chi connectivity index (χ1v) is 12.2. The molecule has 32 heavy (non-hydrogen) atoms. The van der Waals surface area contributed by atoms with Crippen molar-refractivity contribution >= 4 is 12.1 Å². The van der Waals surface area contributed by atoms with Gasteiger partial charge in [-0.15, -0.1) is 0 Å². The fourth-order valence-corrected chi connectivity index (χ4v) is 3.78. The van der Waals surface area contributed by atoms with Crippen molar-refractivity contribution in [3.05, 3.63) is 47.6 Å². The number of amides is 1. The SMILES string of the molecule is CC/C=C(\C=C/CCC)C1=C/C=C/CCCN(OC2(C(N)=O)CCOCC2)CCCN=C\1. The van der Waals surface area contributed by atoms with E-state index in [9.17, 15) is 4.79 Å². The van der Waals surface area contributed by atoms with Crippen LogP contribution in [0.2, 0.25) is 0 Å². The fraction of sp³-hybridized carbons (Fsp3) is 0.615. The molecule has 178 valence electrons. The van der Waals surface area contributed by atoms with E-state index in [-0.39, 0.29) is 0 Å². The minimum Gasteiger partial charge on any atom is -0.381 e. The minimum absolute atomic E-state index is 0.401. The summed E-state index contributed by atoms with van der Waals surface area (Å²) in [6.07, 6.45) is 22.1. The van der Waals surface area contributed by atoms with Crippen LogP contribution < -0.4 is 5.73 Å². The first-order valence-electron chi connectivity index (χ1n) is 12.2. The molecular weight excluding hydrogens is 402 g/mol. The molecular formula is C26H41N3O3. The van der Waals surface area contributed by atoms with Gasteiger partial charge in [0.15, 0.2) is 5.60 Å². The standard InChI is InChI=1S/C26H41N3O3/c1-3-5-8-13-23(12-4-2)24-14-9-6-7-10-18-29(19-11-17-28-22-24)32-26(25(27)30)15-20-31-21-16-26/h6,8-9,12-14,22H,3-5,7,10-11,15-21H2,1-2H3,(H2,27,30)/b9-6+,13-8-,23-12+,24-14+,28-22?. The molecule has 0 radical (unpaired) electrons. The van der Waals surface area contributed by atoms with E-state index >= 15 is 0 Å². The van der Waals surface area contributed by atoms with E-state index in [0.717, 1.165) is 50.6 Å². The van der Waals surface area contributed by atoms with Crippen molar-refractivity contribution in [2.45, 2.75) is 70.8 Å². The molecule has 0 bridgehead atoms. The lowest BCUT2D eigenvalue weighted by Crippen LogP contribution is -2.54. The van der Waals surface area contributed by atoms with E-state index in [4.69, 9.17) is 15.3 Å². The predicted molar refractivity (Wildman–Crippen MR) is 131 cm³/mol. The van der Waals surface area contributed by atoms with Crippen LogP contribution in [0.3, 0.4) is 0 Å². The number of rotatable bonds is 8. The number of nitrogens with two attached hydrogens (primary N) is 1. The Hall–Kier alpha value is -2.02. The van der Waals surface area contributed by atoms with E-state index < -0.39 is 11.5 Å². The minimum atomic E-state index is -0.954. The van der Waals surface area contributed by atoms with Crippen molar-refractivity contribution < 1.29 is 14.4 Å². The molecule has 0 aromatic carbocycles. The summed E-state index contributed by atoms with van der Waals surface area (Å²) in [5, 5.41) is 1.92. The maximum absolute atomic E-state index is 12.2. The number of primary amides is 1. The monoisotopic (exact) mass is 443 g/mol.